The third-order valence-electron chi connectivity index (χ3n) is 4.26. The molecule has 2 aromatic rings. The zero-order valence-corrected chi connectivity index (χ0v) is 16.2. The second kappa shape index (κ2) is 10.9. The number of aromatic hydroxyl groups is 1. The van der Waals surface area contributed by atoms with Crippen LogP contribution in [0, 0.1) is 0 Å². The molecule has 0 bridgehead atoms. The number of phenols is 1. The SMILES string of the molecule is COCc1ccc(C=O)n1CCCCNC(=O)/C=C\c1ccc(O)c(OC)c1. The summed E-state index contributed by atoms with van der Waals surface area (Å²) < 4.78 is 12.1. The van der Waals surface area contributed by atoms with Gasteiger partial charge in [0.15, 0.2) is 17.8 Å². The topological polar surface area (TPSA) is 89.8 Å². The van der Waals surface area contributed by atoms with Crippen molar-refractivity contribution < 1.29 is 24.2 Å². The molecular formula is C21H26N2O5. The van der Waals surface area contributed by atoms with Gasteiger partial charge >= 0.3 is 0 Å². The van der Waals surface area contributed by atoms with Gasteiger partial charge < -0.3 is 24.5 Å². The van der Waals surface area contributed by atoms with Gasteiger partial charge in [0, 0.05) is 32.0 Å². The molecule has 0 atom stereocenters. The third-order valence-corrected chi connectivity index (χ3v) is 4.26. The van der Waals surface area contributed by atoms with Crippen molar-refractivity contribution in [2.45, 2.75) is 26.0 Å². The first kappa shape index (κ1) is 21.2. The van der Waals surface area contributed by atoms with E-state index in [0.717, 1.165) is 30.4 Å². The number of hydrogen-bond acceptors (Lipinski definition) is 5. The Balaban J connectivity index is 1.76. The number of hydrogen-bond donors (Lipinski definition) is 2. The summed E-state index contributed by atoms with van der Waals surface area (Å²) in [6.07, 6.45) is 5.55. The molecule has 0 saturated heterocycles. The highest BCUT2D eigenvalue weighted by Gasteiger charge is 2.07. The minimum atomic E-state index is -0.193. The molecule has 0 aliphatic rings. The fraction of sp³-hybridized carbons (Fsp3) is 0.333. The number of unbranched alkanes of at least 4 members (excludes halogenated alkanes) is 1. The minimum absolute atomic E-state index is 0.0539. The minimum Gasteiger partial charge on any atom is -0.504 e. The molecule has 0 spiro atoms. The van der Waals surface area contributed by atoms with E-state index >= 15 is 0 Å². The standard InChI is InChI=1S/C21H26N2O5/c1-27-15-18-8-7-17(14-24)23(18)12-4-3-11-22-21(26)10-6-16-5-9-19(25)20(13-16)28-2/h5-10,13-14,25H,3-4,11-12,15H2,1-2H3,(H,22,26)/b10-6-. The lowest BCUT2D eigenvalue weighted by Crippen LogP contribution is -2.22. The van der Waals surface area contributed by atoms with Crippen molar-refractivity contribution in [1.82, 2.24) is 9.88 Å². The molecular weight excluding hydrogens is 360 g/mol. The first-order valence-electron chi connectivity index (χ1n) is 9.04. The number of carbonyl (C=O) groups excluding carboxylic acids is 2. The Bertz CT molecular complexity index is 826. The van der Waals surface area contributed by atoms with Gasteiger partial charge in [-0.2, -0.15) is 0 Å². The summed E-state index contributed by atoms with van der Waals surface area (Å²) in [5.74, 6) is 0.218. The zero-order chi connectivity index (χ0) is 20.4. The van der Waals surface area contributed by atoms with Gasteiger partial charge in [0.05, 0.1) is 19.4 Å². The van der Waals surface area contributed by atoms with E-state index in [-0.39, 0.29) is 11.7 Å². The van der Waals surface area contributed by atoms with Crippen molar-refractivity contribution in [2.24, 2.45) is 0 Å². The van der Waals surface area contributed by atoms with Crippen molar-refractivity contribution in [3.8, 4) is 11.5 Å². The predicted octanol–water partition coefficient (Wildman–Crippen LogP) is 2.77. The molecule has 7 heteroatoms. The van der Waals surface area contributed by atoms with Gasteiger partial charge in [0.25, 0.3) is 0 Å². The van der Waals surface area contributed by atoms with Crippen molar-refractivity contribution in [2.75, 3.05) is 20.8 Å². The lowest BCUT2D eigenvalue weighted by atomic mass is 10.2. The van der Waals surface area contributed by atoms with Gasteiger partial charge in [-0.1, -0.05) is 6.07 Å². The molecule has 0 saturated carbocycles. The molecule has 2 rings (SSSR count). The fourth-order valence-electron chi connectivity index (χ4n) is 2.81. The van der Waals surface area contributed by atoms with E-state index < -0.39 is 0 Å². The fourth-order valence-corrected chi connectivity index (χ4v) is 2.81. The Morgan fingerprint density at radius 1 is 1.21 bits per heavy atom. The van der Waals surface area contributed by atoms with E-state index in [4.69, 9.17) is 9.47 Å². The van der Waals surface area contributed by atoms with Crippen LogP contribution in [-0.2, 0) is 22.7 Å². The maximum absolute atomic E-state index is 11.9. The molecule has 0 aliphatic carbocycles. The number of nitrogens with zero attached hydrogens (tertiary/aromatic N) is 1. The van der Waals surface area contributed by atoms with Crippen molar-refractivity contribution >= 4 is 18.3 Å². The zero-order valence-electron chi connectivity index (χ0n) is 16.2. The van der Waals surface area contributed by atoms with E-state index in [1.807, 2.05) is 10.6 Å². The lowest BCUT2D eigenvalue weighted by Gasteiger charge is -2.10. The highest BCUT2D eigenvalue weighted by Crippen LogP contribution is 2.26. The molecule has 28 heavy (non-hydrogen) atoms. The molecule has 0 aliphatic heterocycles. The van der Waals surface area contributed by atoms with Crippen molar-refractivity contribution in [3.05, 3.63) is 53.4 Å². The maximum atomic E-state index is 11.9. The smallest absolute Gasteiger partial charge is 0.243 e. The van der Waals surface area contributed by atoms with E-state index in [1.165, 1.54) is 19.3 Å². The number of aldehydes is 1. The summed E-state index contributed by atoms with van der Waals surface area (Å²) in [5.41, 5.74) is 2.34. The largest absolute Gasteiger partial charge is 0.504 e. The molecule has 150 valence electrons. The molecule has 1 heterocycles. The third kappa shape index (κ3) is 5.99. The summed E-state index contributed by atoms with van der Waals surface area (Å²) in [6, 6.07) is 8.53. The summed E-state index contributed by atoms with van der Waals surface area (Å²) >= 11 is 0. The normalized spacial score (nSPS) is 10.9. The second-order valence-electron chi connectivity index (χ2n) is 6.21. The van der Waals surface area contributed by atoms with Gasteiger partial charge in [-0.3, -0.25) is 9.59 Å². The summed E-state index contributed by atoms with van der Waals surface area (Å²) in [5, 5.41) is 12.4. The Morgan fingerprint density at radius 3 is 2.75 bits per heavy atom. The number of methoxy groups -OCH3 is 2. The van der Waals surface area contributed by atoms with Crippen LogP contribution in [0.25, 0.3) is 6.08 Å². The van der Waals surface area contributed by atoms with E-state index in [0.29, 0.717) is 31.1 Å². The van der Waals surface area contributed by atoms with Crippen molar-refractivity contribution in [1.29, 1.82) is 0 Å². The van der Waals surface area contributed by atoms with Gasteiger partial charge in [0.1, 0.15) is 0 Å². The number of ether oxygens (including phenoxy) is 2. The van der Waals surface area contributed by atoms with Crippen LogP contribution in [0.4, 0.5) is 0 Å². The molecule has 1 amide bonds. The number of amides is 1. The Morgan fingerprint density at radius 2 is 2.04 bits per heavy atom. The highest BCUT2D eigenvalue weighted by molar-refractivity contribution is 5.91. The number of carbonyl (C=O) groups is 2. The summed E-state index contributed by atoms with van der Waals surface area (Å²) in [4.78, 5) is 23.0. The number of nitrogens with one attached hydrogen (secondary N) is 1. The van der Waals surface area contributed by atoms with Crippen LogP contribution in [0.3, 0.4) is 0 Å². The monoisotopic (exact) mass is 386 g/mol. The van der Waals surface area contributed by atoms with Crippen LogP contribution in [-0.4, -0.2) is 42.6 Å². The van der Waals surface area contributed by atoms with Crippen LogP contribution in [0.2, 0.25) is 0 Å². The average Bonchev–Trinajstić information content (AvgIpc) is 3.09. The average molecular weight is 386 g/mol. The van der Waals surface area contributed by atoms with E-state index in [2.05, 4.69) is 5.32 Å². The Kier molecular flexibility index (Phi) is 8.30. The van der Waals surface area contributed by atoms with Gasteiger partial charge in [-0.15, -0.1) is 0 Å². The van der Waals surface area contributed by atoms with Gasteiger partial charge in [-0.25, -0.2) is 0 Å². The number of phenolic OH excluding ortho intramolecular Hbond substituents is 1. The summed E-state index contributed by atoms with van der Waals surface area (Å²) in [7, 11) is 3.09. The number of benzene rings is 1. The Labute approximate surface area is 164 Å². The quantitative estimate of drug-likeness (QED) is 0.352. The van der Waals surface area contributed by atoms with Crippen LogP contribution < -0.4 is 10.1 Å². The summed E-state index contributed by atoms with van der Waals surface area (Å²) in [6.45, 7) is 1.69. The van der Waals surface area contributed by atoms with Crippen LogP contribution in [0.1, 0.15) is 34.6 Å². The Hall–Kier alpha value is -3.06. The van der Waals surface area contributed by atoms with Crippen LogP contribution in [0.15, 0.2) is 36.4 Å². The first-order chi connectivity index (χ1) is 13.6. The number of aromatic nitrogens is 1. The molecule has 2 N–H and O–H groups in total. The van der Waals surface area contributed by atoms with Gasteiger partial charge in [0.2, 0.25) is 5.91 Å². The van der Waals surface area contributed by atoms with Crippen LogP contribution >= 0.6 is 0 Å². The molecule has 0 radical (unpaired) electrons. The molecule has 1 aromatic carbocycles. The van der Waals surface area contributed by atoms with E-state index in [1.54, 1.807) is 31.4 Å². The molecule has 0 unspecified atom stereocenters. The van der Waals surface area contributed by atoms with Crippen molar-refractivity contribution in [3.63, 3.8) is 0 Å². The molecule has 0 fully saturated rings. The number of rotatable bonds is 11. The maximum Gasteiger partial charge on any atom is 0.243 e. The highest BCUT2D eigenvalue weighted by atomic mass is 16.5. The predicted molar refractivity (Wildman–Crippen MR) is 106 cm³/mol. The first-order valence-corrected chi connectivity index (χ1v) is 9.04. The molecule has 1 aromatic heterocycles. The molecule has 7 nitrogen and oxygen atoms in total. The lowest BCUT2D eigenvalue weighted by molar-refractivity contribution is -0.116. The van der Waals surface area contributed by atoms with Crippen LogP contribution in [0.5, 0.6) is 11.5 Å². The van der Waals surface area contributed by atoms with E-state index in [9.17, 15) is 14.7 Å². The second-order valence-corrected chi connectivity index (χ2v) is 6.21. The van der Waals surface area contributed by atoms with Gasteiger partial charge in [-0.05, 0) is 48.7 Å².